The molecule has 1 aromatic rings. The molecule has 1 aromatic carbocycles. The van der Waals surface area contributed by atoms with Crippen molar-refractivity contribution in [2.45, 2.75) is 49.2 Å². The molecule has 0 aromatic heterocycles. The molecule has 6 heteroatoms. The lowest BCUT2D eigenvalue weighted by molar-refractivity contribution is -0.105. The van der Waals surface area contributed by atoms with Gasteiger partial charge >= 0.3 is 6.09 Å². The van der Waals surface area contributed by atoms with E-state index >= 15 is 0 Å². The van der Waals surface area contributed by atoms with Gasteiger partial charge in [-0.2, -0.15) is 0 Å². The van der Waals surface area contributed by atoms with Gasteiger partial charge in [-0.25, -0.2) is 4.79 Å². The number of fused-ring (bicyclic) bond motifs is 3. The van der Waals surface area contributed by atoms with Crippen LogP contribution >= 0.6 is 0 Å². The van der Waals surface area contributed by atoms with E-state index in [-0.39, 0.29) is 30.4 Å². The Morgan fingerprint density at radius 3 is 2.65 bits per heavy atom. The van der Waals surface area contributed by atoms with Crippen LogP contribution < -0.4 is 11.1 Å². The van der Waals surface area contributed by atoms with Crippen molar-refractivity contribution in [3.8, 4) is 0 Å². The molecule has 23 heavy (non-hydrogen) atoms. The van der Waals surface area contributed by atoms with Gasteiger partial charge in [-0.1, -0.05) is 43.2 Å². The highest BCUT2D eigenvalue weighted by Gasteiger charge is 2.57. The molecule has 5 nitrogen and oxygen atoms in total. The summed E-state index contributed by atoms with van der Waals surface area (Å²) >= 11 is 0. The molecular weight excluding hydrogens is 291 g/mol. The molecule has 0 spiro atoms. The van der Waals surface area contributed by atoms with Crippen molar-refractivity contribution in [2.75, 3.05) is 6.54 Å². The van der Waals surface area contributed by atoms with Crippen molar-refractivity contribution >= 4 is 13.9 Å². The molecule has 3 aliphatic rings. The average molecular weight is 316 g/mol. The summed E-state index contributed by atoms with van der Waals surface area (Å²) < 4.78 is 5.20. The Hall–Kier alpha value is -1.53. The second-order valence-corrected chi connectivity index (χ2v) is 7.31. The quantitative estimate of drug-likeness (QED) is 0.723. The lowest BCUT2D eigenvalue weighted by atomic mass is 9.44. The van der Waals surface area contributed by atoms with Gasteiger partial charge in [0.25, 0.3) is 0 Å². The first-order valence-corrected chi connectivity index (χ1v) is 8.36. The molecule has 0 radical (unpaired) electrons. The molecule has 3 fully saturated rings. The molecule has 3 aliphatic carbocycles. The van der Waals surface area contributed by atoms with Gasteiger partial charge in [-0.05, 0) is 29.6 Å². The molecule has 4 rings (SSSR count). The Balaban J connectivity index is 1.54. The zero-order valence-electron chi connectivity index (χ0n) is 13.6. The fourth-order valence-corrected chi connectivity index (χ4v) is 4.19. The monoisotopic (exact) mass is 316 g/mol. The summed E-state index contributed by atoms with van der Waals surface area (Å²) in [5.41, 5.74) is 6.24. The predicted molar refractivity (Wildman–Crippen MR) is 90.7 cm³/mol. The number of hydrogen-bond donors (Lipinski definition) is 3. The van der Waals surface area contributed by atoms with Gasteiger partial charge in [-0.15, -0.1) is 0 Å². The van der Waals surface area contributed by atoms with E-state index in [4.69, 9.17) is 10.5 Å². The number of ether oxygens (including phenoxy) is 1. The highest BCUT2D eigenvalue weighted by atomic mass is 16.5. The maximum atomic E-state index is 11.9. The van der Waals surface area contributed by atoms with E-state index in [1.807, 2.05) is 30.3 Å². The van der Waals surface area contributed by atoms with Crippen LogP contribution in [0.25, 0.3) is 0 Å². The van der Waals surface area contributed by atoms with Crippen LogP contribution in [0, 0.1) is 5.92 Å². The van der Waals surface area contributed by atoms with Crippen LogP contribution in [-0.2, 0) is 11.3 Å². The molecule has 0 heterocycles. The molecule has 2 bridgehead atoms. The van der Waals surface area contributed by atoms with Gasteiger partial charge in [0.15, 0.2) is 0 Å². The van der Waals surface area contributed by atoms with Crippen LogP contribution in [0.1, 0.15) is 31.2 Å². The van der Waals surface area contributed by atoms with Gasteiger partial charge in [0, 0.05) is 6.04 Å². The predicted octanol–water partition coefficient (Wildman–Crippen LogP) is 0.967. The Kier molecular flexibility index (Phi) is 4.38. The molecule has 4 N–H and O–H groups in total. The lowest BCUT2D eigenvalue weighted by Gasteiger charge is -2.58. The van der Waals surface area contributed by atoms with Crippen molar-refractivity contribution in [1.82, 2.24) is 5.32 Å². The molecule has 1 amide bonds. The Morgan fingerprint density at radius 2 is 2.00 bits per heavy atom. The number of carbonyl (C=O) groups excluding carboxylic acids is 1. The molecule has 2 atom stereocenters. The highest BCUT2D eigenvalue weighted by molar-refractivity contribution is 6.16. The maximum absolute atomic E-state index is 11.9. The van der Waals surface area contributed by atoms with Crippen molar-refractivity contribution in [3.05, 3.63) is 35.9 Å². The third kappa shape index (κ3) is 3.10. The Bertz CT molecular complexity index is 560. The van der Waals surface area contributed by atoms with E-state index in [9.17, 15) is 9.90 Å². The largest absolute Gasteiger partial charge is 0.445 e. The van der Waals surface area contributed by atoms with Crippen LogP contribution in [0.2, 0.25) is 5.31 Å². The van der Waals surface area contributed by atoms with Crippen LogP contribution in [0.3, 0.4) is 0 Å². The Morgan fingerprint density at radius 1 is 1.35 bits per heavy atom. The van der Waals surface area contributed by atoms with Gasteiger partial charge in [0.05, 0.1) is 12.1 Å². The second-order valence-electron chi connectivity index (χ2n) is 7.31. The number of carbonyl (C=O) groups is 1. The minimum absolute atomic E-state index is 0.0286. The summed E-state index contributed by atoms with van der Waals surface area (Å²) in [4.78, 5) is 11.9. The number of hydrogen-bond acceptors (Lipinski definition) is 4. The van der Waals surface area contributed by atoms with Crippen LogP contribution in [-0.4, -0.2) is 37.2 Å². The molecule has 0 saturated heterocycles. The summed E-state index contributed by atoms with van der Waals surface area (Å²) in [6.45, 7) is 0.375. The number of alkyl carbamates (subject to hydrolysis) is 1. The molecule has 0 aliphatic heterocycles. The van der Waals surface area contributed by atoms with Crippen molar-refractivity contribution in [2.24, 2.45) is 11.7 Å². The SMILES string of the molecule is BC12CCC(CC1)C(O)(CNC(=O)OCc1ccccc1)C2N. The van der Waals surface area contributed by atoms with Crippen LogP contribution in [0.4, 0.5) is 4.79 Å². The molecule has 124 valence electrons. The van der Waals surface area contributed by atoms with Crippen molar-refractivity contribution < 1.29 is 14.6 Å². The van der Waals surface area contributed by atoms with E-state index in [1.165, 1.54) is 0 Å². The number of aliphatic hydroxyl groups is 1. The second kappa shape index (κ2) is 6.17. The zero-order valence-corrected chi connectivity index (χ0v) is 13.6. The first kappa shape index (κ1) is 16.3. The van der Waals surface area contributed by atoms with Crippen LogP contribution in [0.15, 0.2) is 30.3 Å². The van der Waals surface area contributed by atoms with E-state index < -0.39 is 11.7 Å². The fraction of sp³-hybridized carbons (Fsp3) is 0.588. The number of benzene rings is 1. The summed E-state index contributed by atoms with van der Waals surface area (Å²) in [6, 6.07) is 9.21. The zero-order chi connectivity index (χ0) is 16.5. The maximum Gasteiger partial charge on any atom is 0.407 e. The third-order valence-electron chi connectivity index (χ3n) is 5.85. The van der Waals surface area contributed by atoms with Crippen molar-refractivity contribution in [3.63, 3.8) is 0 Å². The minimum atomic E-state index is -1.03. The van der Waals surface area contributed by atoms with Gasteiger partial charge in [0.2, 0.25) is 0 Å². The van der Waals surface area contributed by atoms with E-state index in [0.29, 0.717) is 0 Å². The first-order chi connectivity index (χ1) is 10.9. The number of amides is 1. The van der Waals surface area contributed by atoms with Gasteiger partial charge in [-0.3, -0.25) is 0 Å². The molecule has 3 saturated carbocycles. The van der Waals surface area contributed by atoms with Crippen LogP contribution in [0.5, 0.6) is 0 Å². The van der Waals surface area contributed by atoms with E-state index in [0.717, 1.165) is 31.2 Å². The fourth-order valence-electron chi connectivity index (χ4n) is 4.19. The van der Waals surface area contributed by atoms with Gasteiger partial charge in [0.1, 0.15) is 14.5 Å². The summed E-state index contributed by atoms with van der Waals surface area (Å²) in [7, 11) is 2.14. The molecule has 2 unspecified atom stereocenters. The van der Waals surface area contributed by atoms with Gasteiger partial charge < -0.3 is 20.9 Å². The third-order valence-corrected chi connectivity index (χ3v) is 5.85. The minimum Gasteiger partial charge on any atom is -0.445 e. The van der Waals surface area contributed by atoms with Crippen molar-refractivity contribution in [1.29, 1.82) is 0 Å². The lowest BCUT2D eigenvalue weighted by Crippen LogP contribution is -2.68. The summed E-state index contributed by atoms with van der Waals surface area (Å²) in [5, 5.41) is 13.7. The highest BCUT2D eigenvalue weighted by Crippen LogP contribution is 2.56. The number of rotatable bonds is 4. The smallest absolute Gasteiger partial charge is 0.407 e. The Labute approximate surface area is 138 Å². The molecular formula is C17H25BN2O3. The average Bonchev–Trinajstić information content (AvgIpc) is 2.57. The normalized spacial score (nSPS) is 35.7. The van der Waals surface area contributed by atoms with E-state index in [1.54, 1.807) is 0 Å². The topological polar surface area (TPSA) is 84.6 Å². The first-order valence-electron chi connectivity index (χ1n) is 8.36. The van der Waals surface area contributed by atoms with E-state index in [2.05, 4.69) is 13.2 Å². The number of nitrogens with two attached hydrogens (primary N) is 1. The standard InChI is InChI=1S/C17H25BN2O3/c18-16-8-6-13(7-9-16)17(22,14(16)19)11-20-15(21)23-10-12-4-2-1-3-5-12/h1-5,13-14,22H,6-11,18-19H2,(H,20,21). The summed E-state index contributed by atoms with van der Waals surface area (Å²) in [6.07, 6.45) is 3.54. The summed E-state index contributed by atoms with van der Waals surface area (Å²) in [5.74, 6) is 0.161. The number of nitrogens with one attached hydrogen (secondary N) is 1.